The van der Waals surface area contributed by atoms with Gasteiger partial charge in [-0.3, -0.25) is 0 Å². The van der Waals surface area contributed by atoms with Crippen LogP contribution in [0.25, 0.3) is 0 Å². The van der Waals surface area contributed by atoms with Crippen LogP contribution in [0.3, 0.4) is 0 Å². The Bertz CT molecular complexity index is 459. The second-order valence-electron chi connectivity index (χ2n) is 3.55. The molecule has 0 bridgehead atoms. The minimum atomic E-state index is -0.293. The molecular weight excluding hydrogens is 315 g/mol. The molecule has 1 rings (SSSR count). The van der Waals surface area contributed by atoms with E-state index >= 15 is 0 Å². The molecule has 0 unspecified atom stereocenters. The Kier molecular flexibility index (Phi) is 6.39. The van der Waals surface area contributed by atoms with E-state index in [2.05, 4.69) is 0 Å². The number of methoxy groups -OCH3 is 2. The van der Waals surface area contributed by atoms with Crippen LogP contribution in [0.5, 0.6) is 11.5 Å². The molecule has 104 valence electrons. The van der Waals surface area contributed by atoms with E-state index in [1.807, 2.05) is 0 Å². The van der Waals surface area contributed by atoms with Gasteiger partial charge in [0.05, 0.1) is 0 Å². The normalized spacial score (nSPS) is 9.84. The summed E-state index contributed by atoms with van der Waals surface area (Å²) in [6.07, 6.45) is 0.797. The van der Waals surface area contributed by atoms with Gasteiger partial charge in [0, 0.05) is 0 Å². The van der Waals surface area contributed by atoms with E-state index in [-0.39, 0.29) is 20.9 Å². The van der Waals surface area contributed by atoms with Crippen LogP contribution in [0, 0.1) is 0 Å². The molecule has 6 heteroatoms. The molecule has 1 aromatic rings. The standard InChI is InChI=1S/C13H16O5Se/c1-9(15)18-4-5-19-13-7-12(17-3)11(16-2)6-10(13)8-14/h6-8H,4-5H2,1-3H3. The predicted molar refractivity (Wildman–Crippen MR) is 71.8 cm³/mol. The summed E-state index contributed by atoms with van der Waals surface area (Å²) in [7, 11) is 3.08. The topological polar surface area (TPSA) is 61.8 Å². The first kappa shape index (κ1) is 15.5. The molecule has 0 aromatic heterocycles. The van der Waals surface area contributed by atoms with Crippen LogP contribution in [-0.2, 0) is 9.53 Å². The van der Waals surface area contributed by atoms with Crippen molar-refractivity contribution in [2.45, 2.75) is 12.2 Å². The zero-order chi connectivity index (χ0) is 14.3. The summed E-state index contributed by atoms with van der Waals surface area (Å²) in [4.78, 5) is 21.7. The van der Waals surface area contributed by atoms with Crippen LogP contribution in [0.1, 0.15) is 17.3 Å². The summed E-state index contributed by atoms with van der Waals surface area (Å²) in [5.74, 6) is 0.834. The molecule has 0 aliphatic carbocycles. The summed E-state index contributed by atoms with van der Waals surface area (Å²) in [6, 6.07) is 3.46. The Labute approximate surface area is 118 Å². The second kappa shape index (κ2) is 7.81. The van der Waals surface area contributed by atoms with Crippen molar-refractivity contribution in [3.8, 4) is 11.5 Å². The Balaban J connectivity index is 2.80. The average molecular weight is 331 g/mol. The average Bonchev–Trinajstić information content (AvgIpc) is 2.42. The first-order valence-electron chi connectivity index (χ1n) is 5.59. The molecule has 1 aromatic carbocycles. The Hall–Kier alpha value is -1.52. The van der Waals surface area contributed by atoms with Gasteiger partial charge in [0.2, 0.25) is 0 Å². The third-order valence-corrected chi connectivity index (χ3v) is 4.46. The fourth-order valence-electron chi connectivity index (χ4n) is 1.43. The monoisotopic (exact) mass is 332 g/mol. The Morgan fingerprint density at radius 3 is 2.42 bits per heavy atom. The number of benzene rings is 1. The van der Waals surface area contributed by atoms with Gasteiger partial charge in [-0.1, -0.05) is 0 Å². The third-order valence-electron chi connectivity index (χ3n) is 2.29. The number of carbonyl (C=O) groups is 2. The van der Waals surface area contributed by atoms with Crippen molar-refractivity contribution in [1.29, 1.82) is 0 Å². The zero-order valence-electron chi connectivity index (χ0n) is 11.1. The molecule has 0 aliphatic rings. The van der Waals surface area contributed by atoms with E-state index in [1.165, 1.54) is 14.0 Å². The van der Waals surface area contributed by atoms with Gasteiger partial charge in [-0.05, 0) is 0 Å². The van der Waals surface area contributed by atoms with Gasteiger partial charge < -0.3 is 0 Å². The molecule has 0 heterocycles. The first-order chi connectivity index (χ1) is 9.12. The van der Waals surface area contributed by atoms with E-state index in [0.29, 0.717) is 29.0 Å². The van der Waals surface area contributed by atoms with Gasteiger partial charge in [0.1, 0.15) is 0 Å². The summed E-state index contributed by atoms with van der Waals surface area (Å²) in [6.45, 7) is 1.74. The van der Waals surface area contributed by atoms with Crippen LogP contribution in [0.4, 0.5) is 0 Å². The van der Waals surface area contributed by atoms with E-state index < -0.39 is 0 Å². The van der Waals surface area contributed by atoms with E-state index in [0.717, 1.165) is 10.7 Å². The van der Waals surface area contributed by atoms with Gasteiger partial charge in [-0.25, -0.2) is 0 Å². The molecule has 0 aliphatic heterocycles. The second-order valence-corrected chi connectivity index (χ2v) is 5.94. The fraction of sp³-hybridized carbons (Fsp3) is 0.385. The number of rotatable bonds is 7. The fourth-order valence-corrected chi connectivity index (χ4v) is 3.21. The van der Waals surface area contributed by atoms with Crippen molar-refractivity contribution in [1.82, 2.24) is 0 Å². The maximum atomic E-state index is 11.1. The molecule has 0 saturated heterocycles. The van der Waals surface area contributed by atoms with Crippen LogP contribution in [0.15, 0.2) is 12.1 Å². The van der Waals surface area contributed by atoms with Crippen molar-refractivity contribution in [3.63, 3.8) is 0 Å². The summed E-state index contributed by atoms with van der Waals surface area (Å²) >= 11 is 0.0330. The van der Waals surface area contributed by atoms with E-state index in [9.17, 15) is 9.59 Å². The van der Waals surface area contributed by atoms with Gasteiger partial charge in [0.15, 0.2) is 0 Å². The number of hydrogen-bond acceptors (Lipinski definition) is 5. The molecular formula is C13H16O5Se. The molecule has 0 radical (unpaired) electrons. The first-order valence-corrected chi connectivity index (χ1v) is 7.66. The third kappa shape index (κ3) is 4.58. The number of hydrogen-bond donors (Lipinski definition) is 0. The molecule has 0 atom stereocenters. The molecule has 0 fully saturated rings. The quantitative estimate of drug-likeness (QED) is 0.320. The van der Waals surface area contributed by atoms with Gasteiger partial charge in [-0.2, -0.15) is 0 Å². The van der Waals surface area contributed by atoms with Crippen LogP contribution < -0.4 is 13.9 Å². The van der Waals surface area contributed by atoms with E-state index in [1.54, 1.807) is 19.2 Å². The van der Waals surface area contributed by atoms with Crippen molar-refractivity contribution in [2.75, 3.05) is 20.8 Å². The molecule has 0 amide bonds. The number of esters is 1. The number of carbonyl (C=O) groups excluding carboxylic acids is 2. The SMILES string of the molecule is COc1cc(C=O)c([Se]CCOC(C)=O)cc1OC. The zero-order valence-corrected chi connectivity index (χ0v) is 12.8. The van der Waals surface area contributed by atoms with Crippen molar-refractivity contribution in [2.24, 2.45) is 0 Å². The van der Waals surface area contributed by atoms with Gasteiger partial charge >= 0.3 is 118 Å². The molecule has 0 N–H and O–H groups in total. The molecule has 0 spiro atoms. The number of ether oxygens (including phenoxy) is 3. The Morgan fingerprint density at radius 2 is 1.89 bits per heavy atom. The molecule has 19 heavy (non-hydrogen) atoms. The summed E-state index contributed by atoms with van der Waals surface area (Å²) in [5, 5.41) is 0.711. The van der Waals surface area contributed by atoms with Crippen LogP contribution in [0.2, 0.25) is 5.32 Å². The van der Waals surface area contributed by atoms with E-state index in [4.69, 9.17) is 14.2 Å². The van der Waals surface area contributed by atoms with Crippen molar-refractivity contribution in [3.05, 3.63) is 17.7 Å². The van der Waals surface area contributed by atoms with Crippen molar-refractivity contribution >= 4 is 31.7 Å². The number of aldehydes is 1. The summed E-state index contributed by atoms with van der Waals surface area (Å²) in [5.41, 5.74) is 0.584. The maximum absolute atomic E-state index is 11.1. The predicted octanol–water partition coefficient (Wildman–Crippen LogP) is 0.827. The van der Waals surface area contributed by atoms with Crippen molar-refractivity contribution < 1.29 is 23.8 Å². The minimum absolute atomic E-state index is 0.0330. The van der Waals surface area contributed by atoms with Gasteiger partial charge in [-0.15, -0.1) is 0 Å². The van der Waals surface area contributed by atoms with Crippen LogP contribution >= 0.6 is 0 Å². The summed E-state index contributed by atoms with van der Waals surface area (Å²) < 4.78 is 16.1. The molecule has 0 saturated carbocycles. The molecule has 5 nitrogen and oxygen atoms in total. The Morgan fingerprint density at radius 1 is 1.26 bits per heavy atom. The van der Waals surface area contributed by atoms with Gasteiger partial charge in [0.25, 0.3) is 0 Å². The van der Waals surface area contributed by atoms with Crippen LogP contribution in [-0.4, -0.2) is 48.0 Å².